The van der Waals surface area contributed by atoms with E-state index in [1.165, 1.54) is 0 Å². The number of phosphoric acid groups is 1. The molecule has 3 heterocycles. The van der Waals surface area contributed by atoms with Crippen molar-refractivity contribution < 1.29 is 92.9 Å². The first-order valence-electron chi connectivity index (χ1n) is 6.58. The molecule has 0 amide bonds. The summed E-state index contributed by atoms with van der Waals surface area (Å²) in [4.78, 5) is 42.7. The Labute approximate surface area is 189 Å². The van der Waals surface area contributed by atoms with Crippen LogP contribution in [0, 0.1) is 0 Å². The van der Waals surface area contributed by atoms with Crippen molar-refractivity contribution in [1.29, 1.82) is 0 Å². The molecule has 5 N–H and O–H groups in total. The summed E-state index contributed by atoms with van der Waals surface area (Å²) in [5.41, 5.74) is 4.77. The minimum Gasteiger partial charge on any atom is -0.790 e. The largest absolute Gasteiger partial charge is 1.00 e. The molecule has 3 rings (SSSR count). The van der Waals surface area contributed by atoms with E-state index in [0.29, 0.717) is 0 Å². The number of aliphatic hydroxyl groups is 2. The van der Waals surface area contributed by atoms with E-state index in [1.807, 2.05) is 0 Å². The van der Waals surface area contributed by atoms with Crippen LogP contribution in [-0.4, -0.2) is 54.7 Å². The molecule has 26 heavy (non-hydrogen) atoms. The summed E-state index contributed by atoms with van der Waals surface area (Å²) < 4.78 is 21.0. The predicted octanol–water partition coefficient (Wildman–Crippen LogP) is -9.83. The molecule has 0 aromatic carbocycles. The van der Waals surface area contributed by atoms with Crippen LogP contribution >= 0.6 is 7.82 Å². The van der Waals surface area contributed by atoms with Crippen LogP contribution < -0.4 is 80.2 Å². The Morgan fingerprint density at radius 3 is 2.65 bits per heavy atom. The molecule has 2 aromatic rings. The number of imidazole rings is 1. The smallest absolute Gasteiger partial charge is 0.790 e. The van der Waals surface area contributed by atoms with Gasteiger partial charge in [0.25, 0.3) is 5.56 Å². The van der Waals surface area contributed by atoms with Gasteiger partial charge in [-0.1, -0.05) is 0 Å². The van der Waals surface area contributed by atoms with E-state index in [1.54, 1.807) is 0 Å². The molecule has 132 valence electrons. The van der Waals surface area contributed by atoms with Crippen LogP contribution in [0.3, 0.4) is 0 Å². The first kappa shape index (κ1) is 24.2. The number of aromatic amines is 1. The molecule has 1 unspecified atom stereocenters. The van der Waals surface area contributed by atoms with Crippen molar-refractivity contribution in [3.63, 3.8) is 0 Å². The van der Waals surface area contributed by atoms with E-state index in [-0.39, 0.29) is 76.2 Å². The molecule has 1 aliphatic rings. The molecule has 0 aliphatic carbocycles. The SMILES string of the molecule is Nc1nc2c(ncn2C2O[C@H](COP(=O)([O-])[O-])[C@@H](O)[C@H]2O)c(=O)[nH]1.[Na+].[Na+]. The number of H-pyrrole nitrogens is 1. The van der Waals surface area contributed by atoms with Gasteiger partial charge in [0.1, 0.15) is 18.3 Å². The van der Waals surface area contributed by atoms with Gasteiger partial charge in [0.05, 0.1) is 20.8 Å². The van der Waals surface area contributed by atoms with E-state index < -0.39 is 44.5 Å². The Kier molecular flexibility index (Phi) is 8.46. The van der Waals surface area contributed by atoms with Gasteiger partial charge >= 0.3 is 59.1 Å². The number of rotatable bonds is 4. The van der Waals surface area contributed by atoms with Crippen molar-refractivity contribution in [1.82, 2.24) is 19.5 Å². The summed E-state index contributed by atoms with van der Waals surface area (Å²) in [6, 6.07) is 0. The van der Waals surface area contributed by atoms with E-state index in [4.69, 9.17) is 10.5 Å². The van der Waals surface area contributed by atoms with Crippen molar-refractivity contribution in [3.05, 3.63) is 16.7 Å². The maximum absolute atomic E-state index is 11.7. The van der Waals surface area contributed by atoms with Gasteiger partial charge in [-0.05, 0) is 0 Å². The average molecular weight is 407 g/mol. The van der Waals surface area contributed by atoms with Gasteiger partial charge in [-0.25, -0.2) is 4.98 Å². The predicted molar refractivity (Wildman–Crippen MR) is 72.0 cm³/mol. The summed E-state index contributed by atoms with van der Waals surface area (Å²) in [5, 5.41) is 20.0. The fourth-order valence-electron chi connectivity index (χ4n) is 2.39. The summed E-state index contributed by atoms with van der Waals surface area (Å²) in [6.45, 7) is -0.776. The number of fused-ring (bicyclic) bond motifs is 1. The minimum absolute atomic E-state index is 0. The molecule has 0 saturated carbocycles. The van der Waals surface area contributed by atoms with E-state index in [2.05, 4.69) is 19.5 Å². The van der Waals surface area contributed by atoms with Crippen LogP contribution in [0.5, 0.6) is 0 Å². The van der Waals surface area contributed by atoms with Gasteiger partial charge in [-0.2, -0.15) is 4.98 Å². The second-order valence-corrected chi connectivity index (χ2v) is 6.22. The van der Waals surface area contributed by atoms with E-state index >= 15 is 0 Å². The minimum atomic E-state index is -5.26. The number of nitrogen functional groups attached to an aromatic ring is 1. The van der Waals surface area contributed by atoms with E-state index in [0.717, 1.165) is 10.9 Å². The van der Waals surface area contributed by atoms with Gasteiger partial charge in [0.2, 0.25) is 5.95 Å². The molecular weight excluding hydrogens is 395 g/mol. The van der Waals surface area contributed by atoms with Crippen LogP contribution in [0.2, 0.25) is 0 Å². The molecule has 1 fully saturated rings. The quantitative estimate of drug-likeness (QED) is 0.276. The van der Waals surface area contributed by atoms with Gasteiger partial charge in [0.15, 0.2) is 17.4 Å². The number of nitrogens with one attached hydrogen (secondary N) is 1. The third kappa shape index (κ3) is 4.94. The Morgan fingerprint density at radius 2 is 2.04 bits per heavy atom. The number of ether oxygens (including phenoxy) is 1. The Balaban J connectivity index is 0.00000169. The van der Waals surface area contributed by atoms with Crippen molar-refractivity contribution in [2.24, 2.45) is 0 Å². The first-order chi connectivity index (χ1) is 11.2. The van der Waals surface area contributed by atoms with Crippen molar-refractivity contribution in [2.45, 2.75) is 24.5 Å². The second-order valence-electron chi connectivity index (χ2n) is 5.06. The van der Waals surface area contributed by atoms with Gasteiger partial charge < -0.3 is 39.6 Å². The van der Waals surface area contributed by atoms with Gasteiger partial charge in [0, 0.05) is 0 Å². The molecule has 0 spiro atoms. The Hall–Kier alpha value is 0.140. The van der Waals surface area contributed by atoms with Crippen LogP contribution in [0.4, 0.5) is 5.95 Å². The molecule has 1 aliphatic heterocycles. The average Bonchev–Trinajstić information content (AvgIpc) is 3.00. The van der Waals surface area contributed by atoms with Crippen LogP contribution in [0.25, 0.3) is 11.2 Å². The third-order valence-corrected chi connectivity index (χ3v) is 3.92. The van der Waals surface area contributed by atoms with Crippen molar-refractivity contribution >= 4 is 24.9 Å². The van der Waals surface area contributed by atoms with Crippen molar-refractivity contribution in [2.75, 3.05) is 12.3 Å². The van der Waals surface area contributed by atoms with Crippen LogP contribution in [0.15, 0.2) is 11.1 Å². The van der Waals surface area contributed by atoms with Gasteiger partial charge in [-0.3, -0.25) is 14.3 Å². The zero-order valence-corrected chi connectivity index (χ0v) is 18.7. The number of aliphatic hydroxyl groups excluding tert-OH is 2. The maximum atomic E-state index is 11.7. The fraction of sp³-hybridized carbons (Fsp3) is 0.500. The van der Waals surface area contributed by atoms with E-state index in [9.17, 15) is 29.4 Å². The Morgan fingerprint density at radius 1 is 1.38 bits per heavy atom. The molecule has 2 aromatic heterocycles. The zero-order valence-electron chi connectivity index (χ0n) is 13.8. The molecular formula is C10H12N5Na2O8P. The number of phosphoric ester groups is 1. The molecule has 13 nitrogen and oxygen atoms in total. The number of aromatic nitrogens is 4. The zero-order chi connectivity index (χ0) is 17.6. The van der Waals surface area contributed by atoms with Crippen LogP contribution in [-0.2, 0) is 13.8 Å². The van der Waals surface area contributed by atoms with Crippen LogP contribution in [0.1, 0.15) is 6.23 Å². The fourth-order valence-corrected chi connectivity index (χ4v) is 2.72. The number of hydrogen-bond acceptors (Lipinski definition) is 11. The summed E-state index contributed by atoms with van der Waals surface area (Å²) in [6.07, 6.45) is -4.46. The third-order valence-electron chi connectivity index (χ3n) is 3.46. The molecule has 1 saturated heterocycles. The topological polar surface area (TPSA) is 212 Å². The molecule has 16 heteroatoms. The normalized spacial score (nSPS) is 25.7. The number of hydrogen-bond donors (Lipinski definition) is 4. The molecule has 0 radical (unpaired) electrons. The molecule has 0 bridgehead atoms. The first-order valence-corrected chi connectivity index (χ1v) is 8.04. The molecule has 4 atom stereocenters. The van der Waals surface area contributed by atoms with Gasteiger partial charge in [-0.15, -0.1) is 0 Å². The van der Waals surface area contributed by atoms with Crippen molar-refractivity contribution in [3.8, 4) is 0 Å². The standard InChI is InChI=1S/C10H14N5O8P.2Na/c11-10-13-7-4(8(18)14-10)12-2-15(7)9-6(17)5(16)3(23-9)1-22-24(19,20)21;;/h2-3,5-6,9,16-17H,1H2,(H2,19,20,21)(H3,11,13,14,18);;/q;2*+1/p-2/t3-,5-,6-,9?;;/m1../s1. The Bertz CT molecular complexity index is 871. The maximum Gasteiger partial charge on any atom is 1.00 e. The summed E-state index contributed by atoms with van der Waals surface area (Å²) in [5.74, 6) is -0.194. The summed E-state index contributed by atoms with van der Waals surface area (Å²) in [7, 11) is -5.26. The number of nitrogens with zero attached hydrogens (tertiary/aromatic N) is 3. The second kappa shape index (κ2) is 9.09. The monoisotopic (exact) mass is 407 g/mol. The number of anilines is 1. The number of nitrogens with two attached hydrogens (primary N) is 1. The summed E-state index contributed by atoms with van der Waals surface area (Å²) >= 11 is 0.